The number of hydrogen-bond donors (Lipinski definition) is 0. The summed E-state index contributed by atoms with van der Waals surface area (Å²) < 4.78 is 13.7. The summed E-state index contributed by atoms with van der Waals surface area (Å²) in [4.78, 5) is 19.1. The van der Waals surface area contributed by atoms with Crippen molar-refractivity contribution in [2.75, 3.05) is 18.1 Å². The highest BCUT2D eigenvalue weighted by Crippen LogP contribution is 2.48. The topological polar surface area (TPSA) is 80.4 Å². The number of amides is 1. The van der Waals surface area contributed by atoms with Crippen molar-refractivity contribution in [1.82, 2.24) is 9.55 Å². The van der Waals surface area contributed by atoms with E-state index in [-0.39, 0.29) is 11.5 Å². The van der Waals surface area contributed by atoms with Crippen molar-refractivity contribution in [2.24, 2.45) is 5.41 Å². The molecule has 3 aromatic rings. The van der Waals surface area contributed by atoms with E-state index in [2.05, 4.69) is 22.5 Å². The maximum absolute atomic E-state index is 12.9. The molecule has 33 heavy (non-hydrogen) atoms. The fourth-order valence-electron chi connectivity index (χ4n) is 5.52. The Balaban J connectivity index is 1.36. The van der Waals surface area contributed by atoms with Crippen LogP contribution in [-0.2, 0) is 11.3 Å². The molecule has 2 aromatic carbocycles. The summed E-state index contributed by atoms with van der Waals surface area (Å²) in [7, 11) is 0. The molecule has 1 aliphatic carbocycles. The maximum atomic E-state index is 12.9. The number of anilines is 1. The Kier molecular flexibility index (Phi) is 5.24. The van der Waals surface area contributed by atoms with Gasteiger partial charge in [0.25, 0.3) is 0 Å². The number of nitrogens with zero attached hydrogens (tertiary/aromatic N) is 4. The van der Waals surface area contributed by atoms with Gasteiger partial charge in [0.15, 0.2) is 0 Å². The SMILES string of the molecule is CCOc1ccc(N2C[C@@]3(CCC[C@](C)(Cn4cnc5ccc(C#N)cc54)C3)OC2=O)cc1. The standard InChI is InChI=1S/C26H28N4O3/c1-3-32-21-8-6-20(7-9-21)30-17-26(33-24(30)31)12-4-11-25(2,15-26)16-29-18-28-22-10-5-19(14-27)13-23(22)29/h5-10,13,18H,3-4,11-12,15-17H2,1-2H3/t25-,26-/m0/s1. The minimum Gasteiger partial charge on any atom is -0.494 e. The summed E-state index contributed by atoms with van der Waals surface area (Å²) in [6.07, 6.45) is 5.27. The predicted octanol–water partition coefficient (Wildman–Crippen LogP) is 5.28. The average molecular weight is 445 g/mol. The van der Waals surface area contributed by atoms with Crippen LogP contribution in [0.25, 0.3) is 11.0 Å². The van der Waals surface area contributed by atoms with Gasteiger partial charge in [-0.2, -0.15) is 5.26 Å². The molecule has 2 aliphatic rings. The third-order valence-corrected chi connectivity index (χ3v) is 6.89. The average Bonchev–Trinajstić information content (AvgIpc) is 3.33. The van der Waals surface area contributed by atoms with Gasteiger partial charge in [0.1, 0.15) is 11.4 Å². The Morgan fingerprint density at radius 1 is 1.21 bits per heavy atom. The van der Waals surface area contributed by atoms with E-state index in [9.17, 15) is 10.1 Å². The minimum absolute atomic E-state index is 0.0519. The molecule has 0 unspecified atom stereocenters. The number of carbonyl (C=O) groups is 1. The first-order chi connectivity index (χ1) is 15.9. The summed E-state index contributed by atoms with van der Waals surface area (Å²) >= 11 is 0. The van der Waals surface area contributed by atoms with Gasteiger partial charge in [0, 0.05) is 12.2 Å². The van der Waals surface area contributed by atoms with Crippen LogP contribution in [0.4, 0.5) is 10.5 Å². The van der Waals surface area contributed by atoms with E-state index < -0.39 is 5.60 Å². The third-order valence-electron chi connectivity index (χ3n) is 6.89. The molecule has 1 saturated heterocycles. The van der Waals surface area contributed by atoms with Gasteiger partial charge < -0.3 is 14.0 Å². The molecule has 5 rings (SSSR count). The molecule has 1 saturated carbocycles. The van der Waals surface area contributed by atoms with Crippen molar-refractivity contribution >= 4 is 22.8 Å². The zero-order valence-corrected chi connectivity index (χ0v) is 19.1. The van der Waals surface area contributed by atoms with Crippen LogP contribution in [0.5, 0.6) is 5.75 Å². The van der Waals surface area contributed by atoms with E-state index in [1.165, 1.54) is 0 Å². The second kappa shape index (κ2) is 8.11. The number of aromatic nitrogens is 2. The van der Waals surface area contributed by atoms with Crippen LogP contribution >= 0.6 is 0 Å². The van der Waals surface area contributed by atoms with Crippen LogP contribution < -0.4 is 9.64 Å². The summed E-state index contributed by atoms with van der Waals surface area (Å²) in [5.74, 6) is 0.792. The molecular formula is C26H28N4O3. The fraction of sp³-hybridized carbons (Fsp3) is 0.423. The van der Waals surface area contributed by atoms with Crippen molar-refractivity contribution in [1.29, 1.82) is 5.26 Å². The van der Waals surface area contributed by atoms with E-state index in [1.54, 1.807) is 11.0 Å². The summed E-state index contributed by atoms with van der Waals surface area (Å²) in [6.45, 7) is 6.14. The molecule has 1 amide bonds. The molecule has 1 aromatic heterocycles. The molecular weight excluding hydrogens is 416 g/mol. The van der Waals surface area contributed by atoms with Gasteiger partial charge in [0.05, 0.1) is 42.1 Å². The number of fused-ring (bicyclic) bond motifs is 1. The third kappa shape index (κ3) is 4.02. The molecule has 1 spiro atoms. The van der Waals surface area contributed by atoms with Crippen LogP contribution in [0, 0.1) is 16.7 Å². The minimum atomic E-state index is -0.489. The van der Waals surface area contributed by atoms with Gasteiger partial charge in [-0.25, -0.2) is 9.78 Å². The summed E-state index contributed by atoms with van der Waals surface area (Å²) in [5, 5.41) is 9.28. The number of benzene rings is 2. The molecule has 7 nitrogen and oxygen atoms in total. The molecule has 0 radical (unpaired) electrons. The lowest BCUT2D eigenvalue weighted by molar-refractivity contribution is -0.0264. The first-order valence-corrected chi connectivity index (χ1v) is 11.5. The summed E-state index contributed by atoms with van der Waals surface area (Å²) in [6, 6.07) is 15.4. The van der Waals surface area contributed by atoms with Gasteiger partial charge in [-0.15, -0.1) is 0 Å². The van der Waals surface area contributed by atoms with Gasteiger partial charge in [-0.1, -0.05) is 6.92 Å². The van der Waals surface area contributed by atoms with E-state index >= 15 is 0 Å². The van der Waals surface area contributed by atoms with Gasteiger partial charge in [-0.05, 0) is 80.5 Å². The van der Waals surface area contributed by atoms with Gasteiger partial charge in [-0.3, -0.25) is 4.90 Å². The number of imidazole rings is 1. The van der Waals surface area contributed by atoms with Crippen LogP contribution in [0.1, 0.15) is 45.1 Å². The molecule has 1 aliphatic heterocycles. The van der Waals surface area contributed by atoms with Crippen molar-refractivity contribution in [3.05, 3.63) is 54.4 Å². The molecule has 7 heteroatoms. The van der Waals surface area contributed by atoms with Crippen molar-refractivity contribution in [3.63, 3.8) is 0 Å². The Hall–Kier alpha value is -3.53. The first kappa shape index (κ1) is 21.3. The van der Waals surface area contributed by atoms with E-state index in [0.717, 1.165) is 54.7 Å². The van der Waals surface area contributed by atoms with Crippen molar-refractivity contribution < 1.29 is 14.3 Å². The van der Waals surface area contributed by atoms with Crippen LogP contribution in [0.3, 0.4) is 0 Å². The molecule has 170 valence electrons. The Bertz CT molecular complexity index is 1230. The number of rotatable bonds is 5. The zero-order chi connectivity index (χ0) is 23.1. The molecule has 0 N–H and O–H groups in total. The predicted molar refractivity (Wildman–Crippen MR) is 125 cm³/mol. The van der Waals surface area contributed by atoms with Gasteiger partial charge in [0.2, 0.25) is 0 Å². The normalized spacial score (nSPS) is 24.8. The highest BCUT2D eigenvalue weighted by atomic mass is 16.6. The lowest BCUT2D eigenvalue weighted by Crippen LogP contribution is -2.45. The Labute approximate surface area is 193 Å². The first-order valence-electron chi connectivity index (χ1n) is 11.5. The molecule has 2 heterocycles. The zero-order valence-electron chi connectivity index (χ0n) is 19.1. The Morgan fingerprint density at radius 2 is 2.03 bits per heavy atom. The lowest BCUT2D eigenvalue weighted by Gasteiger charge is -2.43. The highest BCUT2D eigenvalue weighted by Gasteiger charge is 2.51. The highest BCUT2D eigenvalue weighted by molar-refractivity contribution is 5.90. The van der Waals surface area contributed by atoms with E-state index in [0.29, 0.717) is 18.7 Å². The maximum Gasteiger partial charge on any atom is 0.415 e. The largest absolute Gasteiger partial charge is 0.494 e. The van der Waals surface area contributed by atoms with Crippen molar-refractivity contribution in [3.8, 4) is 11.8 Å². The number of ether oxygens (including phenoxy) is 2. The second-order valence-corrected chi connectivity index (χ2v) is 9.59. The fourth-order valence-corrected chi connectivity index (χ4v) is 5.52. The number of carbonyl (C=O) groups excluding carboxylic acids is 1. The molecule has 2 fully saturated rings. The van der Waals surface area contributed by atoms with Crippen LogP contribution in [0.15, 0.2) is 48.8 Å². The van der Waals surface area contributed by atoms with Gasteiger partial charge >= 0.3 is 6.09 Å². The molecule has 0 bridgehead atoms. The van der Waals surface area contributed by atoms with Crippen LogP contribution in [-0.4, -0.2) is 34.4 Å². The second-order valence-electron chi connectivity index (χ2n) is 9.59. The number of hydrogen-bond acceptors (Lipinski definition) is 5. The summed E-state index contributed by atoms with van der Waals surface area (Å²) in [5.41, 5.74) is 2.77. The van der Waals surface area contributed by atoms with E-state index in [4.69, 9.17) is 9.47 Å². The van der Waals surface area contributed by atoms with Crippen molar-refractivity contribution in [2.45, 2.75) is 51.7 Å². The smallest absolute Gasteiger partial charge is 0.415 e. The monoisotopic (exact) mass is 444 g/mol. The number of nitriles is 1. The van der Waals surface area contributed by atoms with E-state index in [1.807, 2.05) is 49.6 Å². The molecule has 2 atom stereocenters. The quantitative estimate of drug-likeness (QED) is 0.535. The lowest BCUT2D eigenvalue weighted by atomic mass is 9.68. The van der Waals surface area contributed by atoms with Crippen LogP contribution in [0.2, 0.25) is 0 Å². The Morgan fingerprint density at radius 3 is 2.79 bits per heavy atom.